The Morgan fingerprint density at radius 1 is 1.23 bits per heavy atom. The summed E-state index contributed by atoms with van der Waals surface area (Å²) >= 11 is 0. The quantitative estimate of drug-likeness (QED) is 0.943. The van der Waals surface area contributed by atoms with Crippen molar-refractivity contribution in [3.63, 3.8) is 0 Å². The topological polar surface area (TPSA) is 62.4 Å². The fourth-order valence-electron chi connectivity index (χ4n) is 2.78. The van der Waals surface area contributed by atoms with Gasteiger partial charge in [-0.15, -0.1) is 5.10 Å². The maximum Gasteiger partial charge on any atom is 0.318 e. The molecular formula is C17H23N3O2. The van der Waals surface area contributed by atoms with Crippen molar-refractivity contribution in [3.05, 3.63) is 35.7 Å². The monoisotopic (exact) mass is 301 g/mol. The van der Waals surface area contributed by atoms with Crippen LogP contribution < -0.4 is 4.90 Å². The van der Waals surface area contributed by atoms with Crippen molar-refractivity contribution in [1.82, 2.24) is 10.2 Å². The largest absolute Gasteiger partial charge is 0.508 e. The standard InChI is InChI=1S/C17H23N3O2/c1-17(2,3)15-18-19-16(22-15)20-9-8-13(11-20)10-12-4-6-14(21)7-5-12/h4-7,13,21H,8-11H2,1-3H3. The normalized spacial score (nSPS) is 18.9. The van der Waals surface area contributed by atoms with E-state index in [2.05, 4.69) is 35.9 Å². The molecule has 0 spiro atoms. The van der Waals surface area contributed by atoms with Gasteiger partial charge in [0.1, 0.15) is 5.75 Å². The van der Waals surface area contributed by atoms with Crippen molar-refractivity contribution in [2.24, 2.45) is 5.92 Å². The molecule has 1 aliphatic rings. The van der Waals surface area contributed by atoms with Gasteiger partial charge >= 0.3 is 6.01 Å². The molecule has 2 aromatic rings. The van der Waals surface area contributed by atoms with Gasteiger partial charge in [-0.25, -0.2) is 0 Å². The Kier molecular flexibility index (Phi) is 3.81. The molecule has 22 heavy (non-hydrogen) atoms. The molecule has 1 aliphatic heterocycles. The fourth-order valence-corrected chi connectivity index (χ4v) is 2.78. The second-order valence-electron chi connectivity index (χ2n) is 7.11. The molecule has 0 bridgehead atoms. The molecule has 1 aromatic carbocycles. The van der Waals surface area contributed by atoms with Crippen molar-refractivity contribution in [2.75, 3.05) is 18.0 Å². The average molecular weight is 301 g/mol. The average Bonchev–Trinajstić information content (AvgIpc) is 3.09. The molecule has 0 saturated carbocycles. The predicted molar refractivity (Wildman–Crippen MR) is 85.1 cm³/mol. The molecule has 0 amide bonds. The van der Waals surface area contributed by atoms with Gasteiger partial charge in [0, 0.05) is 18.5 Å². The summed E-state index contributed by atoms with van der Waals surface area (Å²) in [5, 5.41) is 17.7. The van der Waals surface area contributed by atoms with Gasteiger partial charge in [-0.1, -0.05) is 38.0 Å². The summed E-state index contributed by atoms with van der Waals surface area (Å²) in [4.78, 5) is 2.17. The minimum Gasteiger partial charge on any atom is -0.508 e. The lowest BCUT2D eigenvalue weighted by atomic mass is 9.97. The Morgan fingerprint density at radius 3 is 2.59 bits per heavy atom. The number of phenolic OH excluding ortho intramolecular Hbond substituents is 1. The van der Waals surface area contributed by atoms with Crippen LogP contribution in [0.3, 0.4) is 0 Å². The first-order valence-corrected chi connectivity index (χ1v) is 7.78. The first-order valence-electron chi connectivity index (χ1n) is 7.78. The van der Waals surface area contributed by atoms with Crippen LogP contribution in [0, 0.1) is 5.92 Å². The molecule has 1 aromatic heterocycles. The van der Waals surface area contributed by atoms with Crippen molar-refractivity contribution in [3.8, 4) is 5.75 Å². The number of aromatic nitrogens is 2. The number of benzene rings is 1. The van der Waals surface area contributed by atoms with Crippen LogP contribution in [0.25, 0.3) is 0 Å². The van der Waals surface area contributed by atoms with Crippen LogP contribution in [-0.2, 0) is 11.8 Å². The molecule has 3 rings (SSSR count). The van der Waals surface area contributed by atoms with Gasteiger partial charge in [0.25, 0.3) is 0 Å². The lowest BCUT2D eigenvalue weighted by Crippen LogP contribution is -2.20. The Labute approximate surface area is 131 Å². The van der Waals surface area contributed by atoms with E-state index < -0.39 is 0 Å². The van der Waals surface area contributed by atoms with Crippen LogP contribution in [-0.4, -0.2) is 28.4 Å². The molecule has 2 heterocycles. The van der Waals surface area contributed by atoms with Crippen LogP contribution in [0.5, 0.6) is 5.75 Å². The number of nitrogens with zero attached hydrogens (tertiary/aromatic N) is 3. The number of hydrogen-bond acceptors (Lipinski definition) is 5. The van der Waals surface area contributed by atoms with Crippen LogP contribution in [0.4, 0.5) is 6.01 Å². The van der Waals surface area contributed by atoms with Crippen molar-refractivity contribution < 1.29 is 9.52 Å². The fraction of sp³-hybridized carbons (Fsp3) is 0.529. The molecule has 1 saturated heterocycles. The predicted octanol–water partition coefficient (Wildman–Crippen LogP) is 3.14. The van der Waals surface area contributed by atoms with Crippen LogP contribution >= 0.6 is 0 Å². The second kappa shape index (κ2) is 5.63. The first kappa shape index (κ1) is 14.9. The van der Waals surface area contributed by atoms with E-state index in [1.165, 1.54) is 5.56 Å². The van der Waals surface area contributed by atoms with Crippen molar-refractivity contribution >= 4 is 6.01 Å². The van der Waals surface area contributed by atoms with Crippen LogP contribution in [0.2, 0.25) is 0 Å². The molecule has 0 radical (unpaired) electrons. The summed E-state index contributed by atoms with van der Waals surface area (Å²) in [5.74, 6) is 1.58. The van der Waals surface area contributed by atoms with E-state index in [1.54, 1.807) is 12.1 Å². The molecule has 5 heteroatoms. The van der Waals surface area contributed by atoms with Gasteiger partial charge in [0.2, 0.25) is 5.89 Å². The van der Waals surface area contributed by atoms with E-state index in [0.717, 1.165) is 25.9 Å². The summed E-state index contributed by atoms with van der Waals surface area (Å²) in [6.07, 6.45) is 2.13. The van der Waals surface area contributed by atoms with Gasteiger partial charge in [-0.3, -0.25) is 0 Å². The maximum atomic E-state index is 9.34. The third-order valence-electron chi connectivity index (χ3n) is 4.07. The Bertz CT molecular complexity index is 628. The van der Waals surface area contributed by atoms with Gasteiger partial charge < -0.3 is 14.4 Å². The Balaban J connectivity index is 1.62. The summed E-state index contributed by atoms with van der Waals surface area (Å²) in [7, 11) is 0. The minimum absolute atomic E-state index is 0.115. The van der Waals surface area contributed by atoms with E-state index in [1.807, 2.05) is 12.1 Å². The van der Waals surface area contributed by atoms with E-state index in [9.17, 15) is 5.11 Å². The Hall–Kier alpha value is -2.04. The van der Waals surface area contributed by atoms with Crippen molar-refractivity contribution in [2.45, 2.75) is 39.0 Å². The van der Waals surface area contributed by atoms with Gasteiger partial charge in [-0.05, 0) is 36.5 Å². The highest BCUT2D eigenvalue weighted by Crippen LogP contribution is 2.28. The third kappa shape index (κ3) is 3.24. The van der Waals surface area contributed by atoms with Crippen LogP contribution in [0.1, 0.15) is 38.6 Å². The van der Waals surface area contributed by atoms with E-state index >= 15 is 0 Å². The van der Waals surface area contributed by atoms with Gasteiger partial charge in [0.15, 0.2) is 0 Å². The van der Waals surface area contributed by atoms with Gasteiger partial charge in [0.05, 0.1) is 0 Å². The Morgan fingerprint density at radius 2 is 1.95 bits per heavy atom. The third-order valence-corrected chi connectivity index (χ3v) is 4.07. The number of hydrogen-bond donors (Lipinski definition) is 1. The van der Waals surface area contributed by atoms with Crippen LogP contribution in [0.15, 0.2) is 28.7 Å². The highest BCUT2D eigenvalue weighted by molar-refractivity contribution is 5.29. The summed E-state index contributed by atoms with van der Waals surface area (Å²) in [6.45, 7) is 8.10. The van der Waals surface area contributed by atoms with E-state index in [0.29, 0.717) is 23.6 Å². The van der Waals surface area contributed by atoms with Crippen molar-refractivity contribution in [1.29, 1.82) is 0 Å². The first-order chi connectivity index (χ1) is 10.4. The molecule has 5 nitrogen and oxygen atoms in total. The number of aromatic hydroxyl groups is 1. The minimum atomic E-state index is -0.115. The molecular weight excluding hydrogens is 278 g/mol. The number of rotatable bonds is 3. The smallest absolute Gasteiger partial charge is 0.318 e. The molecule has 0 aliphatic carbocycles. The molecule has 1 atom stereocenters. The zero-order valence-electron chi connectivity index (χ0n) is 13.4. The summed E-state index contributed by atoms with van der Waals surface area (Å²) < 4.78 is 5.82. The molecule has 118 valence electrons. The van der Waals surface area contributed by atoms with Gasteiger partial charge in [-0.2, -0.15) is 0 Å². The zero-order chi connectivity index (χ0) is 15.7. The second-order valence-corrected chi connectivity index (χ2v) is 7.11. The maximum absolute atomic E-state index is 9.34. The SMILES string of the molecule is CC(C)(C)c1nnc(N2CCC(Cc3ccc(O)cc3)C2)o1. The molecule has 1 fully saturated rings. The number of anilines is 1. The highest BCUT2D eigenvalue weighted by atomic mass is 16.4. The lowest BCUT2D eigenvalue weighted by molar-refractivity contribution is 0.393. The molecule has 1 N–H and O–H groups in total. The van der Waals surface area contributed by atoms with E-state index in [-0.39, 0.29) is 5.41 Å². The summed E-state index contributed by atoms with van der Waals surface area (Å²) in [5.41, 5.74) is 1.14. The lowest BCUT2D eigenvalue weighted by Gasteiger charge is -2.15. The summed E-state index contributed by atoms with van der Waals surface area (Å²) in [6, 6.07) is 8.11. The van der Waals surface area contributed by atoms with E-state index in [4.69, 9.17) is 4.42 Å². The number of phenols is 1. The zero-order valence-corrected chi connectivity index (χ0v) is 13.4. The highest BCUT2D eigenvalue weighted by Gasteiger charge is 2.28. The molecule has 1 unspecified atom stereocenters.